The minimum Gasteiger partial charge on any atom is -0.469 e. The van der Waals surface area contributed by atoms with Gasteiger partial charge in [-0.05, 0) is 36.2 Å². The first-order valence-electron chi connectivity index (χ1n) is 8.02. The first kappa shape index (κ1) is 16.7. The Bertz CT molecular complexity index is 933. The summed E-state index contributed by atoms with van der Waals surface area (Å²) in [6.45, 7) is 0.460. The summed E-state index contributed by atoms with van der Waals surface area (Å²) < 4.78 is 6.15. The number of rotatable bonds is 6. The van der Waals surface area contributed by atoms with E-state index < -0.39 is 0 Å². The second kappa shape index (κ2) is 7.61. The number of ether oxygens (including phenoxy) is 1. The number of esters is 1. The van der Waals surface area contributed by atoms with Crippen LogP contribution in [0.3, 0.4) is 0 Å². The molecule has 6 heteroatoms. The molecule has 0 bridgehead atoms. The van der Waals surface area contributed by atoms with Gasteiger partial charge in [0, 0.05) is 24.4 Å². The van der Waals surface area contributed by atoms with Gasteiger partial charge in [-0.2, -0.15) is 0 Å². The van der Waals surface area contributed by atoms with Crippen molar-refractivity contribution in [1.82, 2.24) is 9.38 Å². The lowest BCUT2D eigenvalue weighted by Gasteiger charge is -2.08. The van der Waals surface area contributed by atoms with Crippen molar-refractivity contribution < 1.29 is 9.53 Å². The number of nitrogens with one attached hydrogen (secondary N) is 1. The molecule has 0 radical (unpaired) electrons. The smallest absolute Gasteiger partial charge is 0.305 e. The minimum absolute atomic E-state index is 0.0967. The highest BCUT2D eigenvalue weighted by atomic mass is 16.5. The number of nitrogens with zero attached hydrogens (tertiary/aromatic N) is 2. The fourth-order valence-corrected chi connectivity index (χ4v) is 2.52. The van der Waals surface area contributed by atoms with Gasteiger partial charge < -0.3 is 10.1 Å². The standard InChI is InChI=1S/C19H19N3O3/c1-25-19(24)10-7-14-5-8-15(9-6-14)20-13-16-12-18(23)22-11-3-2-4-17(22)21-16/h2-6,8-9,11-12,20H,7,10,13H2,1H3. The summed E-state index contributed by atoms with van der Waals surface area (Å²) in [4.78, 5) is 27.7. The maximum atomic E-state index is 12.1. The van der Waals surface area contributed by atoms with Gasteiger partial charge in [0.05, 0.1) is 19.3 Å². The van der Waals surface area contributed by atoms with Crippen LogP contribution in [-0.4, -0.2) is 22.5 Å². The largest absolute Gasteiger partial charge is 0.469 e. The fraction of sp³-hybridized carbons (Fsp3) is 0.211. The zero-order valence-electron chi connectivity index (χ0n) is 13.9. The van der Waals surface area contributed by atoms with Gasteiger partial charge in [0.25, 0.3) is 5.56 Å². The van der Waals surface area contributed by atoms with Crippen molar-refractivity contribution in [3.63, 3.8) is 0 Å². The SMILES string of the molecule is COC(=O)CCc1ccc(NCc2cc(=O)n3ccccc3n2)cc1. The lowest BCUT2D eigenvalue weighted by Crippen LogP contribution is -2.16. The van der Waals surface area contributed by atoms with Crippen molar-refractivity contribution in [3.05, 3.63) is 76.3 Å². The Balaban J connectivity index is 1.63. The van der Waals surface area contributed by atoms with E-state index in [9.17, 15) is 9.59 Å². The van der Waals surface area contributed by atoms with Crippen molar-refractivity contribution >= 4 is 17.3 Å². The molecule has 0 saturated heterocycles. The number of hydrogen-bond acceptors (Lipinski definition) is 5. The van der Waals surface area contributed by atoms with Gasteiger partial charge in [-0.3, -0.25) is 14.0 Å². The highest BCUT2D eigenvalue weighted by Crippen LogP contribution is 2.12. The average molecular weight is 337 g/mol. The molecule has 6 nitrogen and oxygen atoms in total. The van der Waals surface area contributed by atoms with Gasteiger partial charge in [0.15, 0.2) is 0 Å². The molecule has 2 heterocycles. The van der Waals surface area contributed by atoms with E-state index in [1.807, 2.05) is 30.3 Å². The van der Waals surface area contributed by atoms with E-state index in [-0.39, 0.29) is 11.5 Å². The minimum atomic E-state index is -0.212. The van der Waals surface area contributed by atoms with Crippen LogP contribution in [0.4, 0.5) is 5.69 Å². The Kier molecular flexibility index (Phi) is 5.09. The van der Waals surface area contributed by atoms with E-state index in [4.69, 9.17) is 0 Å². The van der Waals surface area contributed by atoms with Crippen molar-refractivity contribution in [2.24, 2.45) is 0 Å². The van der Waals surface area contributed by atoms with E-state index in [0.29, 0.717) is 30.7 Å². The monoisotopic (exact) mass is 337 g/mol. The van der Waals surface area contributed by atoms with E-state index in [2.05, 4.69) is 15.0 Å². The number of anilines is 1. The molecule has 0 unspecified atom stereocenters. The normalized spacial score (nSPS) is 10.6. The highest BCUT2D eigenvalue weighted by molar-refractivity contribution is 5.69. The molecule has 0 fully saturated rings. The van der Waals surface area contributed by atoms with Gasteiger partial charge in [-0.1, -0.05) is 18.2 Å². The van der Waals surface area contributed by atoms with Crippen molar-refractivity contribution in [2.45, 2.75) is 19.4 Å². The molecule has 3 aromatic rings. The molecule has 0 saturated carbocycles. The topological polar surface area (TPSA) is 72.7 Å². The first-order valence-corrected chi connectivity index (χ1v) is 8.02. The van der Waals surface area contributed by atoms with Crippen LogP contribution < -0.4 is 10.9 Å². The first-order chi connectivity index (χ1) is 12.2. The molecular weight excluding hydrogens is 318 g/mol. The van der Waals surface area contributed by atoms with Crippen LogP contribution in [0.5, 0.6) is 0 Å². The molecule has 0 aliphatic rings. The summed E-state index contributed by atoms with van der Waals surface area (Å²) >= 11 is 0. The second-order valence-corrected chi connectivity index (χ2v) is 5.64. The summed E-state index contributed by atoms with van der Waals surface area (Å²) in [5, 5.41) is 3.25. The molecule has 0 atom stereocenters. The Morgan fingerprint density at radius 3 is 2.76 bits per heavy atom. The van der Waals surface area contributed by atoms with Gasteiger partial charge >= 0.3 is 5.97 Å². The Morgan fingerprint density at radius 2 is 2.00 bits per heavy atom. The molecule has 3 rings (SSSR count). The van der Waals surface area contributed by atoms with Crippen molar-refractivity contribution in [1.29, 1.82) is 0 Å². The number of fused-ring (bicyclic) bond motifs is 1. The third-order valence-electron chi connectivity index (χ3n) is 3.90. The molecule has 25 heavy (non-hydrogen) atoms. The number of carbonyl (C=O) groups excluding carboxylic acids is 1. The Labute approximate surface area is 145 Å². The number of hydrogen-bond donors (Lipinski definition) is 1. The van der Waals surface area contributed by atoms with Gasteiger partial charge in [0.1, 0.15) is 5.65 Å². The third kappa shape index (κ3) is 4.23. The van der Waals surface area contributed by atoms with Gasteiger partial charge in [-0.15, -0.1) is 0 Å². The molecule has 1 N–H and O–H groups in total. The number of methoxy groups -OCH3 is 1. The van der Waals surface area contributed by atoms with Crippen LogP contribution in [0.2, 0.25) is 0 Å². The predicted molar refractivity (Wildman–Crippen MR) is 95.6 cm³/mol. The lowest BCUT2D eigenvalue weighted by molar-refractivity contribution is -0.140. The van der Waals surface area contributed by atoms with Crippen molar-refractivity contribution in [3.8, 4) is 0 Å². The second-order valence-electron chi connectivity index (χ2n) is 5.64. The predicted octanol–water partition coefficient (Wildman–Crippen LogP) is 2.41. The van der Waals surface area contributed by atoms with Crippen LogP contribution in [0.1, 0.15) is 17.7 Å². The molecule has 0 spiro atoms. The molecule has 0 aliphatic heterocycles. The Morgan fingerprint density at radius 1 is 1.20 bits per heavy atom. The number of carbonyl (C=O) groups is 1. The number of benzene rings is 1. The van der Waals surface area contributed by atoms with Crippen LogP contribution in [0, 0.1) is 0 Å². The third-order valence-corrected chi connectivity index (χ3v) is 3.90. The van der Waals surface area contributed by atoms with Crippen molar-refractivity contribution in [2.75, 3.05) is 12.4 Å². The maximum absolute atomic E-state index is 12.1. The molecule has 1 aromatic carbocycles. The highest BCUT2D eigenvalue weighted by Gasteiger charge is 2.03. The number of pyridine rings is 1. The van der Waals surface area contributed by atoms with Crippen LogP contribution in [0.15, 0.2) is 59.5 Å². The van der Waals surface area contributed by atoms with E-state index in [1.54, 1.807) is 18.3 Å². The number of aryl methyl sites for hydroxylation is 1. The molecule has 128 valence electrons. The average Bonchev–Trinajstić information content (AvgIpc) is 2.65. The van der Waals surface area contributed by atoms with Gasteiger partial charge in [-0.25, -0.2) is 4.98 Å². The summed E-state index contributed by atoms with van der Waals surface area (Å²) in [5.74, 6) is -0.212. The zero-order chi connectivity index (χ0) is 17.6. The number of aromatic nitrogens is 2. The molecular formula is C19H19N3O3. The van der Waals surface area contributed by atoms with E-state index in [1.165, 1.54) is 17.6 Å². The molecule has 0 amide bonds. The summed E-state index contributed by atoms with van der Waals surface area (Å²) in [6, 6.07) is 14.8. The van der Waals surface area contributed by atoms with Crippen LogP contribution >= 0.6 is 0 Å². The summed E-state index contributed by atoms with van der Waals surface area (Å²) in [6.07, 6.45) is 2.72. The quantitative estimate of drug-likeness (QED) is 0.699. The summed E-state index contributed by atoms with van der Waals surface area (Å²) in [7, 11) is 1.39. The van der Waals surface area contributed by atoms with Gasteiger partial charge in [0.2, 0.25) is 0 Å². The zero-order valence-corrected chi connectivity index (χ0v) is 13.9. The Hall–Kier alpha value is -3.15. The maximum Gasteiger partial charge on any atom is 0.305 e. The molecule has 2 aromatic heterocycles. The summed E-state index contributed by atoms with van der Waals surface area (Å²) in [5.41, 5.74) is 3.21. The van der Waals surface area contributed by atoms with Crippen LogP contribution in [0.25, 0.3) is 5.65 Å². The lowest BCUT2D eigenvalue weighted by atomic mass is 10.1. The van der Waals surface area contributed by atoms with E-state index >= 15 is 0 Å². The van der Waals surface area contributed by atoms with E-state index in [0.717, 1.165) is 11.3 Å². The van der Waals surface area contributed by atoms with Crippen LogP contribution in [-0.2, 0) is 22.5 Å². The molecule has 0 aliphatic carbocycles. The fourth-order valence-electron chi connectivity index (χ4n) is 2.52.